The summed E-state index contributed by atoms with van der Waals surface area (Å²) >= 11 is 0. The van der Waals surface area contributed by atoms with Gasteiger partial charge in [0.05, 0.1) is 0 Å². The molecule has 0 saturated carbocycles. The van der Waals surface area contributed by atoms with Gasteiger partial charge in [-0.3, -0.25) is 9.69 Å². The van der Waals surface area contributed by atoms with E-state index >= 15 is 0 Å². The van der Waals surface area contributed by atoms with Crippen molar-refractivity contribution in [3.63, 3.8) is 0 Å². The molecular formula is C21H33N5O. The first kappa shape index (κ1) is 21.0. The number of likely N-dealkylation sites (N-methyl/N-ethyl adjacent to an activating group) is 1. The van der Waals surface area contributed by atoms with Crippen molar-refractivity contribution in [1.29, 1.82) is 0 Å². The molecule has 0 aliphatic carbocycles. The molecule has 0 radical (unpaired) electrons. The molecule has 0 bridgehead atoms. The van der Waals surface area contributed by atoms with Gasteiger partial charge in [0.25, 0.3) is 0 Å². The van der Waals surface area contributed by atoms with Gasteiger partial charge >= 0.3 is 0 Å². The molecule has 1 saturated heterocycles. The van der Waals surface area contributed by atoms with Crippen LogP contribution in [0.3, 0.4) is 0 Å². The summed E-state index contributed by atoms with van der Waals surface area (Å²) in [7, 11) is 3.48. The average Bonchev–Trinajstić information content (AvgIpc) is 2.70. The SMILES string of the molecule is C=CCNC(=NCC(=O)N(C)C)NC1CCN(C(C)c2ccccc2)CC1. The molecule has 6 heteroatoms. The summed E-state index contributed by atoms with van der Waals surface area (Å²) in [5.41, 5.74) is 1.36. The Morgan fingerprint density at radius 1 is 1.33 bits per heavy atom. The van der Waals surface area contributed by atoms with Gasteiger partial charge in [0.15, 0.2) is 5.96 Å². The van der Waals surface area contributed by atoms with E-state index in [1.165, 1.54) is 5.56 Å². The van der Waals surface area contributed by atoms with Crippen molar-refractivity contribution in [3.8, 4) is 0 Å². The zero-order chi connectivity index (χ0) is 19.6. The molecule has 2 rings (SSSR count). The van der Waals surface area contributed by atoms with E-state index < -0.39 is 0 Å². The van der Waals surface area contributed by atoms with Gasteiger partial charge in [0, 0.05) is 45.8 Å². The van der Waals surface area contributed by atoms with Crippen molar-refractivity contribution in [2.75, 3.05) is 40.3 Å². The maximum atomic E-state index is 11.8. The van der Waals surface area contributed by atoms with Crippen molar-refractivity contribution in [1.82, 2.24) is 20.4 Å². The number of amides is 1. The molecule has 148 valence electrons. The van der Waals surface area contributed by atoms with E-state index in [4.69, 9.17) is 0 Å². The first-order valence-electron chi connectivity index (χ1n) is 9.66. The van der Waals surface area contributed by atoms with Gasteiger partial charge in [-0.15, -0.1) is 6.58 Å². The number of hydrogen-bond acceptors (Lipinski definition) is 3. The molecule has 0 spiro atoms. The summed E-state index contributed by atoms with van der Waals surface area (Å²) in [5.74, 6) is 0.667. The Labute approximate surface area is 163 Å². The third-order valence-electron chi connectivity index (χ3n) is 4.99. The van der Waals surface area contributed by atoms with Crippen LogP contribution in [0.1, 0.15) is 31.4 Å². The highest BCUT2D eigenvalue weighted by Gasteiger charge is 2.24. The quantitative estimate of drug-likeness (QED) is 0.437. The highest BCUT2D eigenvalue weighted by atomic mass is 16.2. The standard InChI is InChI=1S/C21H33N5O/c1-5-13-22-21(23-16-20(27)25(3)4)24-19-11-14-26(15-12-19)17(2)18-9-7-6-8-10-18/h5-10,17,19H,1,11-16H2,2-4H3,(H2,22,23,24). The van der Waals surface area contributed by atoms with Crippen LogP contribution in [0.25, 0.3) is 0 Å². The summed E-state index contributed by atoms with van der Waals surface area (Å²) in [6.07, 6.45) is 3.89. The van der Waals surface area contributed by atoms with Gasteiger partial charge in [0.1, 0.15) is 6.54 Å². The van der Waals surface area contributed by atoms with E-state index in [2.05, 4.69) is 64.4 Å². The van der Waals surface area contributed by atoms with Crippen LogP contribution < -0.4 is 10.6 Å². The van der Waals surface area contributed by atoms with Crippen LogP contribution in [-0.2, 0) is 4.79 Å². The lowest BCUT2D eigenvalue weighted by molar-refractivity contribution is -0.127. The molecule has 27 heavy (non-hydrogen) atoms. The lowest BCUT2D eigenvalue weighted by Crippen LogP contribution is -2.49. The number of piperidine rings is 1. The zero-order valence-corrected chi connectivity index (χ0v) is 16.8. The summed E-state index contributed by atoms with van der Waals surface area (Å²) in [6.45, 7) is 8.85. The van der Waals surface area contributed by atoms with E-state index in [0.29, 0.717) is 24.6 Å². The van der Waals surface area contributed by atoms with Gasteiger partial charge in [-0.2, -0.15) is 0 Å². The Hall–Kier alpha value is -2.34. The number of nitrogens with zero attached hydrogens (tertiary/aromatic N) is 3. The van der Waals surface area contributed by atoms with E-state index in [1.54, 1.807) is 25.1 Å². The molecule has 1 aromatic carbocycles. The minimum absolute atomic E-state index is 0.0128. The van der Waals surface area contributed by atoms with Gasteiger partial charge in [-0.25, -0.2) is 4.99 Å². The maximum absolute atomic E-state index is 11.8. The minimum Gasteiger partial charge on any atom is -0.354 e. The fourth-order valence-electron chi connectivity index (χ4n) is 3.18. The molecule has 2 N–H and O–H groups in total. The Morgan fingerprint density at radius 3 is 2.59 bits per heavy atom. The number of benzene rings is 1. The first-order valence-corrected chi connectivity index (χ1v) is 9.66. The molecule has 1 aliphatic rings. The number of carbonyl (C=O) groups is 1. The minimum atomic E-state index is -0.0128. The molecular weight excluding hydrogens is 338 g/mol. The summed E-state index contributed by atoms with van der Waals surface area (Å²) in [4.78, 5) is 20.3. The lowest BCUT2D eigenvalue weighted by Gasteiger charge is -2.37. The third kappa shape index (κ3) is 6.71. The largest absolute Gasteiger partial charge is 0.354 e. The number of guanidine groups is 1. The van der Waals surface area contributed by atoms with Gasteiger partial charge < -0.3 is 15.5 Å². The topological polar surface area (TPSA) is 60.0 Å². The van der Waals surface area contributed by atoms with E-state index in [1.807, 2.05) is 0 Å². The lowest BCUT2D eigenvalue weighted by atomic mass is 10.0. The molecule has 6 nitrogen and oxygen atoms in total. The van der Waals surface area contributed by atoms with Crippen LogP contribution >= 0.6 is 0 Å². The predicted octanol–water partition coefficient (Wildman–Crippen LogP) is 2.02. The number of rotatable bonds is 7. The predicted molar refractivity (Wildman–Crippen MR) is 112 cm³/mol. The van der Waals surface area contributed by atoms with E-state index in [-0.39, 0.29) is 12.5 Å². The van der Waals surface area contributed by atoms with Crippen molar-refractivity contribution in [2.24, 2.45) is 4.99 Å². The second-order valence-electron chi connectivity index (χ2n) is 7.16. The maximum Gasteiger partial charge on any atom is 0.243 e. The molecule has 0 aromatic heterocycles. The summed E-state index contributed by atoms with van der Waals surface area (Å²) in [5, 5.41) is 6.69. The van der Waals surface area contributed by atoms with Gasteiger partial charge in [-0.05, 0) is 25.3 Å². The normalized spacial score (nSPS) is 17.2. The van der Waals surface area contributed by atoms with Crippen LogP contribution in [0, 0.1) is 0 Å². The average molecular weight is 372 g/mol. The van der Waals surface area contributed by atoms with Crippen LogP contribution in [0.15, 0.2) is 48.0 Å². The fraction of sp³-hybridized carbons (Fsp3) is 0.524. The van der Waals surface area contributed by atoms with Crippen LogP contribution in [0.4, 0.5) is 0 Å². The molecule has 1 atom stereocenters. The zero-order valence-electron chi connectivity index (χ0n) is 16.8. The summed E-state index contributed by atoms with van der Waals surface area (Å²) < 4.78 is 0. The van der Waals surface area contributed by atoms with Crippen LogP contribution in [-0.4, -0.2) is 68.0 Å². The number of likely N-dealkylation sites (tertiary alicyclic amines) is 1. The van der Waals surface area contributed by atoms with Crippen LogP contribution in [0.5, 0.6) is 0 Å². The number of aliphatic imine (C=N–C) groups is 1. The number of carbonyl (C=O) groups excluding carboxylic acids is 1. The molecule has 1 unspecified atom stereocenters. The van der Waals surface area contributed by atoms with Gasteiger partial charge in [-0.1, -0.05) is 36.4 Å². The Kier molecular flexibility index (Phi) is 8.33. The molecule has 1 aromatic rings. The monoisotopic (exact) mass is 371 g/mol. The second kappa shape index (κ2) is 10.7. The first-order chi connectivity index (χ1) is 13.0. The summed E-state index contributed by atoms with van der Waals surface area (Å²) in [6, 6.07) is 11.4. The number of nitrogens with one attached hydrogen (secondary N) is 2. The number of hydrogen-bond donors (Lipinski definition) is 2. The Morgan fingerprint density at radius 2 is 2.00 bits per heavy atom. The molecule has 1 amide bonds. The second-order valence-corrected chi connectivity index (χ2v) is 7.16. The molecule has 1 aliphatic heterocycles. The highest BCUT2D eigenvalue weighted by Crippen LogP contribution is 2.23. The molecule has 1 heterocycles. The van der Waals surface area contributed by atoms with Crippen LogP contribution in [0.2, 0.25) is 0 Å². The van der Waals surface area contributed by atoms with E-state index in [9.17, 15) is 4.79 Å². The van der Waals surface area contributed by atoms with Gasteiger partial charge in [0.2, 0.25) is 5.91 Å². The van der Waals surface area contributed by atoms with Crippen molar-refractivity contribution in [2.45, 2.75) is 31.8 Å². The smallest absolute Gasteiger partial charge is 0.243 e. The van der Waals surface area contributed by atoms with Crippen molar-refractivity contribution < 1.29 is 4.79 Å². The highest BCUT2D eigenvalue weighted by molar-refractivity contribution is 5.85. The third-order valence-corrected chi connectivity index (χ3v) is 4.99. The van der Waals surface area contributed by atoms with Crippen molar-refractivity contribution >= 4 is 11.9 Å². The Balaban J connectivity index is 1.88. The fourth-order valence-corrected chi connectivity index (χ4v) is 3.18. The Bertz CT molecular complexity index is 621. The van der Waals surface area contributed by atoms with Crippen molar-refractivity contribution in [3.05, 3.63) is 48.6 Å². The van der Waals surface area contributed by atoms with E-state index in [0.717, 1.165) is 25.9 Å². The molecule has 1 fully saturated rings.